The molecule has 0 saturated heterocycles. The van der Waals surface area contributed by atoms with Crippen LogP contribution in [-0.4, -0.2) is 47.7 Å². The number of amides is 1. The number of benzene rings is 4. The number of ether oxygens (including phenoxy) is 3. The molecule has 1 unspecified atom stereocenters. The molecule has 0 fully saturated rings. The van der Waals surface area contributed by atoms with Crippen molar-refractivity contribution in [3.63, 3.8) is 0 Å². The van der Waals surface area contributed by atoms with Crippen LogP contribution in [0.5, 0.6) is 17.2 Å². The van der Waals surface area contributed by atoms with Gasteiger partial charge in [-0.25, -0.2) is 4.98 Å². The Balaban J connectivity index is 1.62. The largest absolute Gasteiger partial charge is 0.494 e. The van der Waals surface area contributed by atoms with E-state index in [2.05, 4.69) is 15.9 Å². The average molecular weight is 657 g/mol. The Morgan fingerprint density at radius 1 is 0.932 bits per heavy atom. The lowest BCUT2D eigenvalue weighted by Crippen LogP contribution is -2.38. The number of carbonyl (C=O) groups is 1. The van der Waals surface area contributed by atoms with E-state index in [0.29, 0.717) is 64.8 Å². The van der Waals surface area contributed by atoms with Gasteiger partial charge in [0, 0.05) is 16.6 Å². The highest BCUT2D eigenvalue weighted by Crippen LogP contribution is 2.30. The molecule has 1 atom stereocenters. The van der Waals surface area contributed by atoms with Crippen molar-refractivity contribution in [2.45, 2.75) is 26.3 Å². The van der Waals surface area contributed by atoms with Crippen LogP contribution in [0.25, 0.3) is 16.6 Å². The molecule has 0 bridgehead atoms. The van der Waals surface area contributed by atoms with E-state index < -0.39 is 6.04 Å². The van der Waals surface area contributed by atoms with E-state index in [1.807, 2.05) is 86.6 Å². The molecule has 5 aromatic rings. The fourth-order valence-electron chi connectivity index (χ4n) is 5.22. The third kappa shape index (κ3) is 6.48. The lowest BCUT2D eigenvalue weighted by atomic mass is 10.1. The van der Waals surface area contributed by atoms with Gasteiger partial charge in [-0.15, -0.1) is 0 Å². The minimum atomic E-state index is -0.578. The number of halogens is 1. The molecule has 0 N–H and O–H groups in total. The van der Waals surface area contributed by atoms with E-state index in [1.54, 1.807) is 41.9 Å². The van der Waals surface area contributed by atoms with Crippen LogP contribution in [0, 0.1) is 0 Å². The van der Waals surface area contributed by atoms with E-state index in [4.69, 9.17) is 19.2 Å². The summed E-state index contributed by atoms with van der Waals surface area (Å²) in [6.07, 6.45) is 0.533. The number of hydrogen-bond acceptors (Lipinski definition) is 6. The van der Waals surface area contributed by atoms with Crippen LogP contribution in [0.1, 0.15) is 41.6 Å². The smallest absolute Gasteiger partial charge is 0.266 e. The first kappa shape index (κ1) is 30.8. The first-order valence-corrected chi connectivity index (χ1v) is 15.2. The number of para-hydroxylation sites is 1. The van der Waals surface area contributed by atoms with Gasteiger partial charge in [0.15, 0.2) is 11.5 Å². The maximum absolute atomic E-state index is 14.2. The summed E-state index contributed by atoms with van der Waals surface area (Å²) in [5.74, 6) is 2.22. The van der Waals surface area contributed by atoms with E-state index in [9.17, 15) is 9.59 Å². The molecule has 0 spiro atoms. The van der Waals surface area contributed by atoms with Crippen molar-refractivity contribution in [3.8, 4) is 22.9 Å². The monoisotopic (exact) mass is 655 g/mol. The van der Waals surface area contributed by atoms with Gasteiger partial charge in [0.1, 0.15) is 11.6 Å². The summed E-state index contributed by atoms with van der Waals surface area (Å²) in [6.45, 7) is 4.72. The van der Waals surface area contributed by atoms with Crippen molar-refractivity contribution < 1.29 is 19.0 Å². The highest BCUT2D eigenvalue weighted by Gasteiger charge is 2.28. The van der Waals surface area contributed by atoms with E-state index in [-0.39, 0.29) is 11.5 Å². The minimum absolute atomic E-state index is 0.181. The Hall–Kier alpha value is -4.63. The van der Waals surface area contributed by atoms with Gasteiger partial charge >= 0.3 is 0 Å². The van der Waals surface area contributed by atoms with E-state index in [0.717, 1.165) is 10.0 Å². The van der Waals surface area contributed by atoms with Gasteiger partial charge < -0.3 is 19.1 Å². The summed E-state index contributed by atoms with van der Waals surface area (Å²) in [7, 11) is 3.19. The average Bonchev–Trinajstić information content (AvgIpc) is 3.05. The van der Waals surface area contributed by atoms with Crippen LogP contribution in [0.4, 0.5) is 0 Å². The second-order valence-corrected chi connectivity index (χ2v) is 11.1. The van der Waals surface area contributed by atoms with Crippen LogP contribution in [0.3, 0.4) is 0 Å². The summed E-state index contributed by atoms with van der Waals surface area (Å²) in [5, 5.41) is 0.493. The molecule has 226 valence electrons. The number of hydrogen-bond donors (Lipinski definition) is 0. The summed E-state index contributed by atoms with van der Waals surface area (Å²) < 4.78 is 18.9. The Morgan fingerprint density at radius 3 is 2.39 bits per heavy atom. The lowest BCUT2D eigenvalue weighted by molar-refractivity contribution is 0.0683. The molecule has 0 aliphatic rings. The van der Waals surface area contributed by atoms with Crippen LogP contribution >= 0.6 is 15.9 Å². The van der Waals surface area contributed by atoms with Crippen molar-refractivity contribution in [2.75, 3.05) is 27.4 Å². The molecule has 9 heteroatoms. The number of methoxy groups -OCH3 is 2. The molecule has 5 rings (SSSR count). The predicted molar refractivity (Wildman–Crippen MR) is 175 cm³/mol. The van der Waals surface area contributed by atoms with Gasteiger partial charge in [-0.1, -0.05) is 40.2 Å². The topological polar surface area (TPSA) is 82.9 Å². The number of aromatic nitrogens is 2. The van der Waals surface area contributed by atoms with Crippen molar-refractivity contribution in [1.29, 1.82) is 0 Å². The normalized spacial score (nSPS) is 11.7. The third-order valence-corrected chi connectivity index (χ3v) is 7.96. The fraction of sp³-hybridized carbons (Fsp3) is 0.229. The van der Waals surface area contributed by atoms with Crippen LogP contribution < -0.4 is 19.8 Å². The zero-order chi connectivity index (χ0) is 31.2. The van der Waals surface area contributed by atoms with Gasteiger partial charge in [0.05, 0.1) is 43.5 Å². The third-order valence-electron chi connectivity index (χ3n) is 7.47. The van der Waals surface area contributed by atoms with Crippen molar-refractivity contribution >= 4 is 32.7 Å². The van der Waals surface area contributed by atoms with Gasteiger partial charge in [-0.2, -0.15) is 0 Å². The molecule has 1 aromatic heterocycles. The van der Waals surface area contributed by atoms with Crippen LogP contribution in [-0.2, 0) is 6.42 Å². The number of carbonyl (C=O) groups excluding carboxylic acids is 1. The maximum atomic E-state index is 14.2. The first-order chi connectivity index (χ1) is 21.3. The number of nitrogens with zero attached hydrogens (tertiary/aromatic N) is 3. The lowest BCUT2D eigenvalue weighted by Gasteiger charge is -2.31. The highest BCUT2D eigenvalue weighted by atomic mass is 79.9. The fourth-order valence-corrected chi connectivity index (χ4v) is 5.62. The molecular formula is C35H34BrN3O5. The zero-order valence-corrected chi connectivity index (χ0v) is 26.7. The highest BCUT2D eigenvalue weighted by molar-refractivity contribution is 9.10. The van der Waals surface area contributed by atoms with Crippen molar-refractivity contribution in [2.24, 2.45) is 0 Å². The Labute approximate surface area is 265 Å². The number of fused-ring (bicyclic) bond motifs is 1. The number of rotatable bonds is 11. The summed E-state index contributed by atoms with van der Waals surface area (Å²) >= 11 is 3.50. The predicted octanol–water partition coefficient (Wildman–Crippen LogP) is 7.01. The van der Waals surface area contributed by atoms with Crippen LogP contribution in [0.2, 0.25) is 0 Å². The summed E-state index contributed by atoms with van der Waals surface area (Å²) in [6, 6.07) is 27.0. The molecule has 1 amide bonds. The van der Waals surface area contributed by atoms with Gasteiger partial charge in [0.2, 0.25) is 0 Å². The molecule has 0 aliphatic carbocycles. The second-order valence-electron chi connectivity index (χ2n) is 10.2. The van der Waals surface area contributed by atoms with Crippen LogP contribution in [0.15, 0.2) is 100 Å². The van der Waals surface area contributed by atoms with Gasteiger partial charge in [0.25, 0.3) is 11.5 Å². The summed E-state index contributed by atoms with van der Waals surface area (Å²) in [4.78, 5) is 35.0. The van der Waals surface area contributed by atoms with Crippen molar-refractivity contribution in [3.05, 3.63) is 123 Å². The quantitative estimate of drug-likeness (QED) is 0.152. The van der Waals surface area contributed by atoms with Gasteiger partial charge in [-0.3, -0.25) is 14.2 Å². The second kappa shape index (κ2) is 13.8. The maximum Gasteiger partial charge on any atom is 0.266 e. The molecule has 1 heterocycles. The van der Waals surface area contributed by atoms with Crippen molar-refractivity contribution in [1.82, 2.24) is 14.5 Å². The van der Waals surface area contributed by atoms with E-state index >= 15 is 0 Å². The van der Waals surface area contributed by atoms with Gasteiger partial charge in [-0.05, 0) is 92.6 Å². The standard InChI is InChI=1S/C35H34BrN3O5/c1-5-44-28-16-14-27(15-17-28)39-33(37-30-12-7-6-11-29(30)35(39)41)23(2)38(34(40)25-9-8-10-26(36)22-25)20-19-24-13-18-31(42-3)32(21-24)43-4/h6-18,21-23H,5,19-20H2,1-4H3. The molecule has 44 heavy (non-hydrogen) atoms. The minimum Gasteiger partial charge on any atom is -0.494 e. The van der Waals surface area contributed by atoms with E-state index in [1.165, 1.54) is 0 Å². The first-order valence-electron chi connectivity index (χ1n) is 14.4. The Morgan fingerprint density at radius 2 is 1.68 bits per heavy atom. The molecular weight excluding hydrogens is 622 g/mol. The molecule has 8 nitrogen and oxygen atoms in total. The molecule has 4 aromatic carbocycles. The SMILES string of the molecule is CCOc1ccc(-n2c(C(C)N(CCc3ccc(OC)c(OC)c3)C(=O)c3cccc(Br)c3)nc3ccccc3c2=O)cc1. The molecule has 0 radical (unpaired) electrons. The molecule has 0 saturated carbocycles. The zero-order valence-electron chi connectivity index (χ0n) is 25.1. The molecule has 0 aliphatic heterocycles. The summed E-state index contributed by atoms with van der Waals surface area (Å²) in [5.41, 5.74) is 2.48. The Kier molecular flexibility index (Phi) is 9.65. The Bertz CT molecular complexity index is 1840.